The molecule has 1 saturated heterocycles. The van der Waals surface area contributed by atoms with E-state index in [4.69, 9.17) is 94.7 Å². The number of hydrogen-bond donors (Lipinski definition) is 4. The van der Waals surface area contributed by atoms with Gasteiger partial charge in [0, 0.05) is 66.7 Å². The Kier molecular flexibility index (Phi) is 45.6. The summed E-state index contributed by atoms with van der Waals surface area (Å²) in [6.45, 7) is 11.4. The van der Waals surface area contributed by atoms with Crippen LogP contribution in [0.15, 0.2) is 66.7 Å². The number of halogens is 5. The molecule has 1 heterocycles. The second-order valence-electron chi connectivity index (χ2n) is 25.5. The summed E-state index contributed by atoms with van der Waals surface area (Å²) in [5.74, 6) is -20.7. The molecule has 0 bridgehead atoms. The van der Waals surface area contributed by atoms with Gasteiger partial charge in [0.05, 0.1) is 158 Å². The molecule has 1 fully saturated rings. The Labute approximate surface area is 672 Å². The van der Waals surface area contributed by atoms with Gasteiger partial charge < -0.3 is 121 Å². The Balaban J connectivity index is 0.934. The van der Waals surface area contributed by atoms with E-state index in [1.54, 1.807) is 7.11 Å². The quantitative estimate of drug-likeness (QED) is 0.00704. The topological polar surface area (TPSA) is 396 Å². The summed E-state index contributed by atoms with van der Waals surface area (Å²) in [5, 5.41) is 10.6. The molecular weight excluding hydrogens is 1570 g/mol. The van der Waals surface area contributed by atoms with Gasteiger partial charge in [-0.3, -0.25) is 33.6 Å². The van der Waals surface area contributed by atoms with Crippen LogP contribution in [-0.4, -0.2) is 276 Å². The molecule has 0 radical (unpaired) electrons. The molecule has 0 unspecified atom stereocenters. The van der Waals surface area contributed by atoms with Gasteiger partial charge in [0.15, 0.2) is 12.2 Å². The zero-order valence-electron chi connectivity index (χ0n) is 65.9. The predicted octanol–water partition coefficient (Wildman–Crippen LogP) is 6.42. The molecule has 2 aliphatic rings. The van der Waals surface area contributed by atoms with Crippen LogP contribution >= 0.6 is 0 Å². The van der Waals surface area contributed by atoms with Crippen LogP contribution in [0.1, 0.15) is 82.4 Å². The SMILES string of the molecule is COCCOCCOCCOCCOCCOCCOCCOCCOCCOCCOCCOCCC(=O)NCCCC[C@H](NC(=O)OCC1c2ccccc2-c2ccccc21)C(=O)NCCC(=O)Nc1cc(COC(=O)Oc2c(F)c(F)c(F)c(F)c2F)ccc1O[C@H]1O[C@H](COC(C)=O)[C@@H](OC(C)=O)[C@H](OC(C)=O)[C@@H]1OC(C)=O. The fourth-order valence-electron chi connectivity index (χ4n) is 11.3. The van der Waals surface area contributed by atoms with E-state index in [1.807, 2.05) is 48.5 Å². The standard InChI is InChI=1S/C78H103F5N4O30/c1-50(88)109-49-63-71(112-51(2)89)73(113-52(3)90)74(114-53(4)91)76(116-63)115-62-18-17-54(47-111-78(96)117-72-69(82)67(80)66(79)68(81)70(72)83)46-61(62)86-65(93)19-22-85-75(94)60(87-77(95)110-48-59-57-14-8-6-12-55(57)56-13-7-9-15-58(56)59)16-10-11-21-84-64(92)20-23-98-26-27-100-30-31-102-34-35-104-38-39-106-42-43-108-45-44-107-41-40-105-37-36-103-33-32-101-29-28-99-25-24-97-5/h6-9,12-15,17-18,46,59-60,63,71,73-74,76H,10-11,16,19-45,47-49H2,1-5H3,(H,84,92)(H,85,94)(H,86,93)(H,87,95)/t60-,63+,71+,73-,74-,76-/m0/s1. The molecule has 4 N–H and O–H groups in total. The number of anilines is 1. The molecular formula is C78H103F5N4O30. The average Bonchev–Trinajstić information content (AvgIpc) is 1.75. The van der Waals surface area contributed by atoms with E-state index < -0.39 is 146 Å². The first-order chi connectivity index (χ1) is 56.6. The highest BCUT2D eigenvalue weighted by molar-refractivity contribution is 5.93. The Hall–Kier alpha value is -9.36. The van der Waals surface area contributed by atoms with Crippen molar-refractivity contribution in [1.82, 2.24) is 16.0 Å². The van der Waals surface area contributed by atoms with Crippen LogP contribution < -0.4 is 30.7 Å². The number of amides is 4. The van der Waals surface area contributed by atoms with Gasteiger partial charge in [0.2, 0.25) is 65.0 Å². The van der Waals surface area contributed by atoms with E-state index in [2.05, 4.69) is 26.0 Å². The lowest BCUT2D eigenvalue weighted by Gasteiger charge is -2.44. The predicted molar refractivity (Wildman–Crippen MR) is 397 cm³/mol. The third-order valence-electron chi connectivity index (χ3n) is 16.7. The maximum atomic E-state index is 14.4. The van der Waals surface area contributed by atoms with Gasteiger partial charge in [-0.2, -0.15) is 8.78 Å². The minimum atomic E-state index is -2.53. The van der Waals surface area contributed by atoms with E-state index in [-0.39, 0.29) is 81.1 Å². The molecule has 0 saturated carbocycles. The zero-order chi connectivity index (χ0) is 84.5. The Morgan fingerprint density at radius 3 is 1.40 bits per heavy atom. The lowest BCUT2D eigenvalue weighted by atomic mass is 9.98. The number of rotatable bonds is 59. The molecule has 4 aromatic rings. The first-order valence-electron chi connectivity index (χ1n) is 37.8. The molecule has 0 spiro atoms. The zero-order valence-corrected chi connectivity index (χ0v) is 65.9. The van der Waals surface area contributed by atoms with Crippen LogP contribution in [-0.2, 0) is 130 Å². The maximum Gasteiger partial charge on any atom is 0.514 e. The normalized spacial score (nSPS) is 15.7. The molecule has 117 heavy (non-hydrogen) atoms. The van der Waals surface area contributed by atoms with Gasteiger partial charge >= 0.3 is 36.1 Å². The average molecular weight is 1670 g/mol. The summed E-state index contributed by atoms with van der Waals surface area (Å²) in [7, 11) is 1.62. The van der Waals surface area contributed by atoms with Crippen molar-refractivity contribution in [3.8, 4) is 22.6 Å². The van der Waals surface area contributed by atoms with E-state index in [9.17, 15) is 65.1 Å². The number of fused-ring (bicyclic) bond motifs is 3. The van der Waals surface area contributed by atoms with Gasteiger partial charge in [-0.05, 0) is 59.2 Å². The number of esters is 4. The smallest absolute Gasteiger partial charge is 0.463 e. The van der Waals surface area contributed by atoms with Gasteiger partial charge in [0.1, 0.15) is 37.7 Å². The van der Waals surface area contributed by atoms with Crippen molar-refractivity contribution in [3.63, 3.8) is 0 Å². The first kappa shape index (κ1) is 96.5. The Bertz CT molecular complexity index is 3660. The van der Waals surface area contributed by atoms with Gasteiger partial charge in [-0.25, -0.2) is 22.8 Å². The van der Waals surface area contributed by atoms with Gasteiger partial charge in [-0.15, -0.1) is 0 Å². The molecule has 0 aromatic heterocycles. The van der Waals surface area contributed by atoms with Crippen LogP contribution in [0.5, 0.6) is 11.5 Å². The fourth-order valence-corrected chi connectivity index (χ4v) is 11.3. The highest BCUT2D eigenvalue weighted by Crippen LogP contribution is 2.45. The number of nitrogens with one attached hydrogen (secondary N) is 4. The van der Waals surface area contributed by atoms with E-state index >= 15 is 0 Å². The van der Waals surface area contributed by atoms with Crippen molar-refractivity contribution < 1.29 is 165 Å². The van der Waals surface area contributed by atoms with Crippen molar-refractivity contribution in [2.75, 3.05) is 191 Å². The van der Waals surface area contributed by atoms with Crippen LogP contribution in [0, 0.1) is 29.1 Å². The minimum Gasteiger partial charge on any atom is -0.463 e. The van der Waals surface area contributed by atoms with Crippen LogP contribution in [0.3, 0.4) is 0 Å². The minimum absolute atomic E-state index is 0.0126. The van der Waals surface area contributed by atoms with E-state index in [1.165, 1.54) is 0 Å². The monoisotopic (exact) mass is 1670 g/mol. The number of benzene rings is 4. The van der Waals surface area contributed by atoms with Crippen LogP contribution in [0.2, 0.25) is 0 Å². The largest absolute Gasteiger partial charge is 0.514 e. The Morgan fingerprint density at radius 2 is 0.915 bits per heavy atom. The third-order valence-corrected chi connectivity index (χ3v) is 16.7. The summed E-state index contributed by atoms with van der Waals surface area (Å²) < 4.78 is 185. The summed E-state index contributed by atoms with van der Waals surface area (Å²) in [6.07, 6.45) is -11.3. The molecule has 34 nitrogen and oxygen atoms in total. The Morgan fingerprint density at radius 1 is 0.453 bits per heavy atom. The number of carbonyl (C=O) groups excluding carboxylic acids is 9. The van der Waals surface area contributed by atoms with Crippen LogP contribution in [0.4, 0.5) is 37.2 Å². The third kappa shape index (κ3) is 36.2. The first-order valence-corrected chi connectivity index (χ1v) is 37.8. The van der Waals surface area contributed by atoms with Crippen molar-refractivity contribution in [3.05, 3.63) is 113 Å². The van der Waals surface area contributed by atoms with Crippen molar-refractivity contribution in [1.29, 1.82) is 0 Å². The number of unbranched alkanes of at least 4 members (excludes halogenated alkanes) is 1. The van der Waals surface area contributed by atoms with Gasteiger partial charge in [0.25, 0.3) is 0 Å². The lowest BCUT2D eigenvalue weighted by molar-refractivity contribution is -0.288. The summed E-state index contributed by atoms with van der Waals surface area (Å²) in [5.41, 5.74) is 3.37. The molecule has 1 aliphatic carbocycles. The number of ether oxygens (including phenoxy) is 21. The molecule has 6 rings (SSSR count). The molecule has 4 amide bonds. The fraction of sp³-hybridized carbons (Fsp3) is 0.577. The second-order valence-corrected chi connectivity index (χ2v) is 25.5. The summed E-state index contributed by atoms with van der Waals surface area (Å²) >= 11 is 0. The van der Waals surface area contributed by atoms with Crippen molar-refractivity contribution in [2.24, 2.45) is 0 Å². The second kappa shape index (κ2) is 55.3. The number of hydrogen-bond acceptors (Lipinski definition) is 30. The van der Waals surface area contributed by atoms with E-state index in [0.29, 0.717) is 139 Å². The van der Waals surface area contributed by atoms with Crippen LogP contribution in [0.25, 0.3) is 11.1 Å². The summed E-state index contributed by atoms with van der Waals surface area (Å²) in [6, 6.07) is 17.4. The van der Waals surface area contributed by atoms with E-state index in [0.717, 1.165) is 68.1 Å². The van der Waals surface area contributed by atoms with Gasteiger partial charge in [-0.1, -0.05) is 54.6 Å². The van der Waals surface area contributed by atoms with Crippen molar-refractivity contribution >= 4 is 59.5 Å². The number of alkyl carbamates (subject to hydrolysis) is 1. The maximum absolute atomic E-state index is 14.4. The number of carbonyl (C=O) groups is 9. The molecule has 650 valence electrons. The highest BCUT2D eigenvalue weighted by Gasteiger charge is 2.54. The lowest BCUT2D eigenvalue weighted by Crippen LogP contribution is -2.63. The number of methoxy groups -OCH3 is 1. The van der Waals surface area contributed by atoms with Crippen molar-refractivity contribution in [2.45, 2.75) is 109 Å². The molecule has 1 aliphatic heterocycles. The summed E-state index contributed by atoms with van der Waals surface area (Å²) in [4.78, 5) is 117. The molecule has 6 atom stereocenters. The molecule has 39 heteroatoms. The molecule has 4 aromatic carbocycles. The highest BCUT2D eigenvalue weighted by atomic mass is 19.2.